The average molecular weight is 525 g/mol. The summed E-state index contributed by atoms with van der Waals surface area (Å²) in [6.07, 6.45) is 7.91. The highest BCUT2D eigenvalue weighted by molar-refractivity contribution is 5.82. The molecule has 2 N–H and O–H groups in total. The van der Waals surface area contributed by atoms with Gasteiger partial charge in [0.1, 0.15) is 11.3 Å². The van der Waals surface area contributed by atoms with Crippen LogP contribution in [0, 0.1) is 5.92 Å². The van der Waals surface area contributed by atoms with Crippen molar-refractivity contribution in [2.24, 2.45) is 11.7 Å². The molecule has 1 unspecified atom stereocenters. The fraction of sp³-hybridized carbons (Fsp3) is 0.562. The number of nitrogens with two attached hydrogens (primary N) is 1. The fourth-order valence-electron chi connectivity index (χ4n) is 4.23. The van der Waals surface area contributed by atoms with E-state index in [0.29, 0.717) is 28.8 Å². The molecular formula is C32H52N4O2. The van der Waals surface area contributed by atoms with Crippen LogP contribution in [0.25, 0.3) is 27.6 Å². The summed E-state index contributed by atoms with van der Waals surface area (Å²) in [5.74, 6) is 1.92. The van der Waals surface area contributed by atoms with Crippen LogP contribution in [-0.2, 0) is 0 Å². The third kappa shape index (κ3) is 8.07. The first kappa shape index (κ1) is 33.2. The average Bonchev–Trinajstić information content (AvgIpc) is 3.57. The first-order chi connectivity index (χ1) is 18.3. The maximum atomic E-state index is 13.2. The van der Waals surface area contributed by atoms with Crippen LogP contribution in [-0.4, -0.2) is 20.9 Å². The number of aromatic nitrogens is 3. The van der Waals surface area contributed by atoms with Crippen LogP contribution in [0.1, 0.15) is 113 Å². The zero-order chi connectivity index (χ0) is 28.8. The molecular weight excluding hydrogens is 472 g/mol. The summed E-state index contributed by atoms with van der Waals surface area (Å²) in [5, 5.41) is 6.26. The number of pyridine rings is 1. The molecule has 0 aliphatic heterocycles. The lowest BCUT2D eigenvalue weighted by molar-refractivity contribution is 0.468. The van der Waals surface area contributed by atoms with Gasteiger partial charge in [-0.05, 0) is 69.0 Å². The van der Waals surface area contributed by atoms with Crippen molar-refractivity contribution in [2.45, 2.75) is 107 Å². The van der Waals surface area contributed by atoms with E-state index in [1.807, 2.05) is 58.2 Å². The van der Waals surface area contributed by atoms with Crippen molar-refractivity contribution in [3.63, 3.8) is 0 Å². The molecule has 0 aliphatic rings. The maximum Gasteiger partial charge on any atom is 0.266 e. The zero-order valence-corrected chi connectivity index (χ0v) is 25.5. The van der Waals surface area contributed by atoms with E-state index >= 15 is 0 Å². The standard InChI is InChI=1S/C24H29N3O2.C4H11N.2C2H6/c1-5-8-16(4)27-21-10-9-19(13-18(21)15-25-27)26-12-11-22-20(24(26)28)14-23(29-22)17(6-2)7-3;1-4(2)3-5;2*1-2/h9-17H,5-8H2,1-4H3;4H,3,5H2,1-2H3;2*1-2H3. The highest BCUT2D eigenvalue weighted by Gasteiger charge is 2.16. The van der Waals surface area contributed by atoms with Gasteiger partial charge in [0.15, 0.2) is 0 Å². The molecule has 212 valence electrons. The Hall–Kier alpha value is -2.86. The highest BCUT2D eigenvalue weighted by Crippen LogP contribution is 2.28. The Kier molecular flexibility index (Phi) is 14.7. The van der Waals surface area contributed by atoms with Gasteiger partial charge >= 0.3 is 0 Å². The maximum absolute atomic E-state index is 13.2. The lowest BCUT2D eigenvalue weighted by Gasteiger charge is -2.12. The summed E-state index contributed by atoms with van der Waals surface area (Å²) in [5.41, 5.74) is 7.73. The van der Waals surface area contributed by atoms with E-state index in [9.17, 15) is 4.79 Å². The second-order valence-electron chi connectivity index (χ2n) is 9.53. The van der Waals surface area contributed by atoms with Gasteiger partial charge in [-0.1, -0.05) is 68.7 Å². The van der Waals surface area contributed by atoms with Crippen molar-refractivity contribution in [1.82, 2.24) is 14.3 Å². The molecule has 6 nitrogen and oxygen atoms in total. The minimum atomic E-state index is -0.0467. The molecule has 1 aromatic carbocycles. The second-order valence-corrected chi connectivity index (χ2v) is 9.53. The Morgan fingerprint density at radius 2 is 1.61 bits per heavy atom. The molecule has 4 aromatic rings. The molecule has 0 aliphatic carbocycles. The minimum absolute atomic E-state index is 0.0467. The predicted molar refractivity (Wildman–Crippen MR) is 165 cm³/mol. The van der Waals surface area contributed by atoms with Gasteiger partial charge in [0.05, 0.1) is 17.1 Å². The largest absolute Gasteiger partial charge is 0.461 e. The zero-order valence-electron chi connectivity index (χ0n) is 25.5. The lowest BCUT2D eigenvalue weighted by atomic mass is 10.0. The second kappa shape index (κ2) is 16.9. The van der Waals surface area contributed by atoms with Gasteiger partial charge in [-0.25, -0.2) is 0 Å². The number of furan rings is 1. The van der Waals surface area contributed by atoms with Gasteiger partial charge in [-0.15, -0.1) is 0 Å². The molecule has 3 heterocycles. The summed E-state index contributed by atoms with van der Waals surface area (Å²) < 4.78 is 9.75. The molecule has 0 fully saturated rings. The molecule has 0 saturated carbocycles. The number of hydrogen-bond acceptors (Lipinski definition) is 4. The molecule has 38 heavy (non-hydrogen) atoms. The number of rotatable bonds is 8. The van der Waals surface area contributed by atoms with Crippen LogP contribution in [0.5, 0.6) is 0 Å². The SMILES string of the molecule is CC.CC.CC(C)CN.CCCC(C)n1ncc2cc(-n3ccc4oc(C(CC)CC)cc4c3=O)ccc21. The fourth-order valence-corrected chi connectivity index (χ4v) is 4.23. The molecule has 6 heteroatoms. The Morgan fingerprint density at radius 3 is 2.16 bits per heavy atom. The summed E-state index contributed by atoms with van der Waals surface area (Å²) in [7, 11) is 0. The quantitative estimate of drug-likeness (QED) is 0.250. The number of fused-ring (bicyclic) bond motifs is 2. The molecule has 0 spiro atoms. The molecule has 0 bridgehead atoms. The van der Waals surface area contributed by atoms with E-state index in [4.69, 9.17) is 10.2 Å². The first-order valence-corrected chi connectivity index (χ1v) is 14.7. The first-order valence-electron chi connectivity index (χ1n) is 14.7. The smallest absolute Gasteiger partial charge is 0.266 e. The van der Waals surface area contributed by atoms with E-state index in [-0.39, 0.29) is 5.56 Å². The molecule has 0 amide bonds. The minimum Gasteiger partial charge on any atom is -0.461 e. The topological polar surface area (TPSA) is 79.0 Å². The third-order valence-corrected chi connectivity index (χ3v) is 6.44. The van der Waals surface area contributed by atoms with Crippen molar-refractivity contribution in [2.75, 3.05) is 6.54 Å². The predicted octanol–water partition coefficient (Wildman–Crippen LogP) is 8.85. The Balaban J connectivity index is 0.000000709. The Morgan fingerprint density at radius 1 is 0.974 bits per heavy atom. The molecule has 1 atom stereocenters. The van der Waals surface area contributed by atoms with Gasteiger partial charge in [0.2, 0.25) is 0 Å². The van der Waals surface area contributed by atoms with E-state index in [2.05, 4.69) is 57.4 Å². The normalized spacial score (nSPS) is 11.5. The molecule has 3 aromatic heterocycles. The van der Waals surface area contributed by atoms with Gasteiger partial charge in [-0.2, -0.15) is 5.10 Å². The van der Waals surface area contributed by atoms with E-state index in [1.165, 1.54) is 0 Å². The molecule has 0 saturated heterocycles. The van der Waals surface area contributed by atoms with Crippen LogP contribution in [0.4, 0.5) is 0 Å². The van der Waals surface area contributed by atoms with Crippen molar-refractivity contribution < 1.29 is 4.42 Å². The third-order valence-electron chi connectivity index (χ3n) is 6.44. The van der Waals surface area contributed by atoms with Crippen molar-refractivity contribution in [1.29, 1.82) is 0 Å². The van der Waals surface area contributed by atoms with Crippen LogP contribution >= 0.6 is 0 Å². The van der Waals surface area contributed by atoms with Crippen molar-refractivity contribution in [3.05, 3.63) is 58.8 Å². The van der Waals surface area contributed by atoms with E-state index in [1.54, 1.807) is 10.8 Å². The van der Waals surface area contributed by atoms with Crippen molar-refractivity contribution >= 4 is 21.9 Å². The van der Waals surface area contributed by atoms with Gasteiger partial charge < -0.3 is 10.2 Å². The van der Waals surface area contributed by atoms with Gasteiger partial charge in [0.25, 0.3) is 5.56 Å². The van der Waals surface area contributed by atoms with Gasteiger partial charge in [0, 0.05) is 29.2 Å². The molecule has 4 rings (SSSR count). The monoisotopic (exact) mass is 524 g/mol. The van der Waals surface area contributed by atoms with Crippen LogP contribution < -0.4 is 11.3 Å². The van der Waals surface area contributed by atoms with E-state index < -0.39 is 0 Å². The highest BCUT2D eigenvalue weighted by atomic mass is 16.3. The number of benzene rings is 1. The molecule has 0 radical (unpaired) electrons. The summed E-state index contributed by atoms with van der Waals surface area (Å²) in [6, 6.07) is 10.3. The summed E-state index contributed by atoms with van der Waals surface area (Å²) >= 11 is 0. The van der Waals surface area contributed by atoms with Gasteiger partial charge in [-0.3, -0.25) is 14.0 Å². The van der Waals surface area contributed by atoms with Crippen LogP contribution in [0.3, 0.4) is 0 Å². The van der Waals surface area contributed by atoms with Crippen LogP contribution in [0.15, 0.2) is 51.9 Å². The number of hydrogen-bond donors (Lipinski definition) is 1. The van der Waals surface area contributed by atoms with E-state index in [0.717, 1.165) is 54.6 Å². The summed E-state index contributed by atoms with van der Waals surface area (Å²) in [4.78, 5) is 13.2. The van der Waals surface area contributed by atoms with Crippen molar-refractivity contribution in [3.8, 4) is 5.69 Å². The summed E-state index contributed by atoms with van der Waals surface area (Å²) in [6.45, 7) is 21.7. The Labute approximate surface area is 230 Å². The lowest BCUT2D eigenvalue weighted by Crippen LogP contribution is -2.16. The Bertz CT molecular complexity index is 1260. The number of nitrogens with zero attached hydrogens (tertiary/aromatic N) is 3. The van der Waals surface area contributed by atoms with Crippen LogP contribution in [0.2, 0.25) is 0 Å².